The second kappa shape index (κ2) is 6.51. The maximum atomic E-state index is 13.7. The van der Waals surface area contributed by atoms with Crippen molar-refractivity contribution >= 4 is 11.6 Å². The lowest BCUT2D eigenvalue weighted by Crippen LogP contribution is -2.55. The van der Waals surface area contributed by atoms with E-state index >= 15 is 0 Å². The van der Waals surface area contributed by atoms with Crippen LogP contribution in [0.1, 0.15) is 94.4 Å². The first-order valence-electron chi connectivity index (χ1n) is 13.3. The van der Waals surface area contributed by atoms with Crippen LogP contribution in [0.4, 0.5) is 0 Å². The Morgan fingerprint density at radius 1 is 0.906 bits per heavy atom. The summed E-state index contributed by atoms with van der Waals surface area (Å²) in [5.74, 6) is 4.91. The zero-order valence-corrected chi connectivity index (χ0v) is 21.8. The van der Waals surface area contributed by atoms with Crippen molar-refractivity contribution in [3.05, 3.63) is 11.3 Å². The molecule has 3 saturated carbocycles. The lowest BCUT2D eigenvalue weighted by Gasteiger charge is -2.51. The van der Waals surface area contributed by atoms with Gasteiger partial charge in [0, 0.05) is 11.5 Å². The average Bonchev–Trinajstić information content (AvgIpc) is 3.32. The highest BCUT2D eigenvalue weighted by Crippen LogP contribution is 2.82. The molecular weight excluding hydrogens is 396 g/mol. The number of rotatable bonds is 2. The third-order valence-corrected chi connectivity index (χ3v) is 11.0. The number of carbonyl (C=O) groups excluding carboxylic acids is 2. The van der Waals surface area contributed by atoms with E-state index < -0.39 is 10.8 Å². The van der Waals surface area contributed by atoms with Gasteiger partial charge >= 0.3 is 0 Å². The molecule has 5 rings (SSSR count). The number of fused-ring (bicyclic) bond motifs is 2. The van der Waals surface area contributed by atoms with Gasteiger partial charge in [0.15, 0.2) is 11.6 Å². The van der Waals surface area contributed by atoms with E-state index in [9.17, 15) is 9.59 Å². The second-order valence-electron chi connectivity index (χ2n) is 13.9. The van der Waals surface area contributed by atoms with E-state index in [0.717, 1.165) is 41.9 Å². The summed E-state index contributed by atoms with van der Waals surface area (Å²) in [6.07, 6.45) is 5.98. The molecule has 3 fully saturated rings. The minimum Gasteiger partial charge on any atom is -0.490 e. The average molecular weight is 441 g/mol. The largest absolute Gasteiger partial charge is 0.490 e. The summed E-state index contributed by atoms with van der Waals surface area (Å²) in [5.41, 5.74) is -0.627. The van der Waals surface area contributed by atoms with Crippen molar-refractivity contribution in [2.75, 3.05) is 0 Å². The molecule has 0 saturated heterocycles. The van der Waals surface area contributed by atoms with Crippen LogP contribution in [0, 0.1) is 57.7 Å². The van der Waals surface area contributed by atoms with Gasteiger partial charge < -0.3 is 4.74 Å². The van der Waals surface area contributed by atoms with Gasteiger partial charge in [0.1, 0.15) is 11.4 Å². The number of Topliss-reactive ketones (excluding diaryl/α,β-unsaturated/α-hetero) is 2. The first-order chi connectivity index (χ1) is 14.7. The van der Waals surface area contributed by atoms with Crippen molar-refractivity contribution < 1.29 is 14.3 Å². The van der Waals surface area contributed by atoms with Crippen molar-refractivity contribution in [3.8, 4) is 0 Å². The van der Waals surface area contributed by atoms with E-state index in [1.165, 1.54) is 19.3 Å². The fourth-order valence-corrected chi connectivity index (χ4v) is 9.29. The minimum atomic E-state index is -0.967. The lowest BCUT2D eigenvalue weighted by molar-refractivity contribution is -0.153. The molecule has 0 amide bonds. The quantitative estimate of drug-likeness (QED) is 0.454. The van der Waals surface area contributed by atoms with Crippen molar-refractivity contribution in [1.82, 2.24) is 0 Å². The zero-order valence-electron chi connectivity index (χ0n) is 21.8. The van der Waals surface area contributed by atoms with E-state index in [1.807, 2.05) is 27.7 Å². The summed E-state index contributed by atoms with van der Waals surface area (Å²) in [6.45, 7) is 19.4. The maximum Gasteiger partial charge on any atom is 0.175 e. The van der Waals surface area contributed by atoms with Crippen LogP contribution >= 0.6 is 0 Å². The molecule has 0 aromatic heterocycles. The molecule has 0 unspecified atom stereocenters. The number of hydrogen-bond donors (Lipinski definition) is 0. The highest BCUT2D eigenvalue weighted by Gasteiger charge is 2.81. The van der Waals surface area contributed by atoms with Crippen LogP contribution in [0.25, 0.3) is 0 Å². The monoisotopic (exact) mass is 440 g/mol. The highest BCUT2D eigenvalue weighted by molar-refractivity contribution is 6.19. The summed E-state index contributed by atoms with van der Waals surface area (Å²) in [6, 6.07) is 0. The van der Waals surface area contributed by atoms with Gasteiger partial charge in [-0.3, -0.25) is 9.59 Å². The van der Waals surface area contributed by atoms with Crippen molar-refractivity contribution in [2.45, 2.75) is 100 Å². The molecular formula is C29H44O3. The SMILES string of the molecule is CC(C)[C@H]1C[C@]2(CC[C@]34[C@H]([C@H](C(C)C)CC[C@H]3C)[C@@H]24)OC2=C1C(=O)C(C)(C)C(=O)C2(C)C. The van der Waals surface area contributed by atoms with Crippen LogP contribution in [0.5, 0.6) is 0 Å². The van der Waals surface area contributed by atoms with Gasteiger partial charge in [-0.05, 0) is 101 Å². The predicted molar refractivity (Wildman–Crippen MR) is 127 cm³/mol. The maximum absolute atomic E-state index is 13.7. The van der Waals surface area contributed by atoms with Gasteiger partial charge in [0.05, 0.1) is 10.8 Å². The Hall–Kier alpha value is -1.12. The van der Waals surface area contributed by atoms with Crippen LogP contribution in [0.3, 0.4) is 0 Å². The van der Waals surface area contributed by atoms with Gasteiger partial charge in [0.2, 0.25) is 0 Å². The van der Waals surface area contributed by atoms with Crippen LogP contribution < -0.4 is 0 Å². The van der Waals surface area contributed by atoms with E-state index in [4.69, 9.17) is 4.74 Å². The highest BCUT2D eigenvalue weighted by atomic mass is 16.5. The molecule has 1 heterocycles. The molecule has 32 heavy (non-hydrogen) atoms. The van der Waals surface area contributed by atoms with Crippen LogP contribution in [0.15, 0.2) is 11.3 Å². The fraction of sp³-hybridized carbons (Fsp3) is 0.862. The second-order valence-corrected chi connectivity index (χ2v) is 13.9. The van der Waals surface area contributed by atoms with Crippen LogP contribution in [-0.2, 0) is 14.3 Å². The van der Waals surface area contributed by atoms with Crippen LogP contribution in [0.2, 0.25) is 0 Å². The Bertz CT molecular complexity index is 905. The number of ketones is 2. The number of ether oxygens (including phenoxy) is 1. The van der Waals surface area contributed by atoms with Crippen molar-refractivity contribution in [3.63, 3.8) is 0 Å². The normalized spacial score (nSPS) is 46.3. The molecule has 1 aliphatic heterocycles. The summed E-state index contributed by atoms with van der Waals surface area (Å²) in [5, 5.41) is 0. The zero-order chi connectivity index (χ0) is 23.6. The molecule has 178 valence electrons. The molecule has 2 spiro atoms. The molecule has 5 aliphatic rings. The number of hydrogen-bond acceptors (Lipinski definition) is 3. The van der Waals surface area contributed by atoms with E-state index in [2.05, 4.69) is 34.6 Å². The molecule has 3 heteroatoms. The third kappa shape index (κ3) is 2.49. The van der Waals surface area contributed by atoms with Crippen molar-refractivity contribution in [2.24, 2.45) is 57.7 Å². The topological polar surface area (TPSA) is 43.4 Å². The summed E-state index contributed by atoms with van der Waals surface area (Å²) in [4.78, 5) is 27.2. The van der Waals surface area contributed by atoms with Gasteiger partial charge in [-0.25, -0.2) is 0 Å². The molecule has 0 aromatic carbocycles. The van der Waals surface area contributed by atoms with E-state index in [-0.39, 0.29) is 23.1 Å². The smallest absolute Gasteiger partial charge is 0.175 e. The third-order valence-electron chi connectivity index (χ3n) is 11.0. The Morgan fingerprint density at radius 2 is 1.56 bits per heavy atom. The summed E-state index contributed by atoms with van der Waals surface area (Å²) in [7, 11) is 0. The van der Waals surface area contributed by atoms with Gasteiger partial charge in [0.25, 0.3) is 0 Å². The fourth-order valence-electron chi connectivity index (χ4n) is 9.29. The number of allylic oxidation sites excluding steroid dienone is 2. The minimum absolute atomic E-state index is 0.0136. The molecule has 3 nitrogen and oxygen atoms in total. The Labute approximate surface area is 195 Å². The molecule has 0 aromatic rings. The molecule has 4 aliphatic carbocycles. The predicted octanol–water partition coefficient (Wildman–Crippen LogP) is 6.60. The molecule has 0 bridgehead atoms. The van der Waals surface area contributed by atoms with E-state index in [0.29, 0.717) is 23.2 Å². The van der Waals surface area contributed by atoms with E-state index in [1.54, 1.807) is 0 Å². The Balaban J connectivity index is 1.63. The molecule has 7 atom stereocenters. The van der Waals surface area contributed by atoms with Crippen LogP contribution in [-0.4, -0.2) is 17.2 Å². The standard InChI is InChI=1S/C29H44O3/c1-15(2)18-11-10-17(5)29-13-12-28(22(29)21(18)29)14-19(16(3)4)20-23(30)26(6,7)25(31)27(8,9)24(20)32-28/h15-19,21-22H,10-14H2,1-9H3/t17-,18+,19-,21-,22+,28+,29-/m1/s1. The Morgan fingerprint density at radius 3 is 2.16 bits per heavy atom. The summed E-state index contributed by atoms with van der Waals surface area (Å²) >= 11 is 0. The first kappa shape index (κ1) is 22.7. The van der Waals surface area contributed by atoms with Gasteiger partial charge in [-0.1, -0.05) is 34.6 Å². The van der Waals surface area contributed by atoms with Gasteiger partial charge in [-0.15, -0.1) is 0 Å². The Kier molecular flexibility index (Phi) is 4.61. The lowest BCUT2D eigenvalue weighted by atomic mass is 9.58. The molecule has 0 N–H and O–H groups in total. The van der Waals surface area contributed by atoms with Crippen molar-refractivity contribution in [1.29, 1.82) is 0 Å². The number of carbonyl (C=O) groups is 2. The summed E-state index contributed by atoms with van der Waals surface area (Å²) < 4.78 is 7.12. The first-order valence-corrected chi connectivity index (χ1v) is 13.3. The molecule has 0 radical (unpaired) electrons. The van der Waals surface area contributed by atoms with Gasteiger partial charge in [-0.2, -0.15) is 0 Å².